The molecule has 0 bridgehead atoms. The summed E-state index contributed by atoms with van der Waals surface area (Å²) >= 11 is 0. The number of hydrogen-bond donors (Lipinski definition) is 1. The second kappa shape index (κ2) is 11.2. The van der Waals surface area contributed by atoms with Crippen molar-refractivity contribution >= 4 is 10.9 Å². The van der Waals surface area contributed by atoms with Crippen LogP contribution in [0.4, 0.5) is 0 Å². The fraction of sp³-hybridized carbons (Fsp3) is 0.310. The predicted molar refractivity (Wildman–Crippen MR) is 146 cm³/mol. The maximum absolute atomic E-state index is 13.7. The maximum atomic E-state index is 13.7. The highest BCUT2D eigenvalue weighted by molar-refractivity contribution is 5.87. The Kier molecular flexibility index (Phi) is 7.58. The van der Waals surface area contributed by atoms with Crippen molar-refractivity contribution in [3.05, 3.63) is 115 Å². The topological polar surface area (TPSA) is 124 Å². The van der Waals surface area contributed by atoms with E-state index in [2.05, 4.69) is 9.88 Å². The first-order valence-corrected chi connectivity index (χ1v) is 12.9. The molecule has 1 N–H and O–H groups in total. The first-order chi connectivity index (χ1) is 18.8. The van der Waals surface area contributed by atoms with Crippen molar-refractivity contribution in [2.45, 2.75) is 38.3 Å². The van der Waals surface area contributed by atoms with Crippen LogP contribution in [0.25, 0.3) is 16.6 Å². The molecule has 10 nitrogen and oxygen atoms in total. The Hall–Kier alpha value is -4.28. The van der Waals surface area contributed by atoms with E-state index in [9.17, 15) is 19.5 Å². The van der Waals surface area contributed by atoms with Gasteiger partial charge in [0, 0.05) is 49.3 Å². The Morgan fingerprint density at radius 3 is 2.28 bits per heavy atom. The zero-order valence-corrected chi connectivity index (χ0v) is 21.7. The number of likely N-dealkylation sites (tertiary alicyclic amines) is 1. The van der Waals surface area contributed by atoms with E-state index in [1.807, 2.05) is 36.4 Å². The lowest BCUT2D eigenvalue weighted by Crippen LogP contribution is -2.47. The molecule has 0 atom stereocenters. The van der Waals surface area contributed by atoms with Gasteiger partial charge in [0.05, 0.1) is 23.3 Å². The van der Waals surface area contributed by atoms with Crippen molar-refractivity contribution in [3.63, 3.8) is 0 Å². The fourth-order valence-corrected chi connectivity index (χ4v) is 4.90. The highest BCUT2D eigenvalue weighted by atomic mass is 16.5. The number of nitrogens with zero attached hydrogens (tertiary/aromatic N) is 4. The Bertz CT molecular complexity index is 1690. The van der Waals surface area contributed by atoms with Crippen LogP contribution in [0.1, 0.15) is 24.1 Å². The molecule has 39 heavy (non-hydrogen) atoms. The first-order valence-electron chi connectivity index (χ1n) is 12.9. The average molecular weight is 531 g/mol. The second-order valence-corrected chi connectivity index (χ2v) is 9.86. The monoisotopic (exact) mass is 530 g/mol. The summed E-state index contributed by atoms with van der Waals surface area (Å²) in [6, 6.07) is 20.5. The number of rotatable bonds is 6. The van der Waals surface area contributed by atoms with E-state index in [0.717, 1.165) is 27.2 Å². The van der Waals surface area contributed by atoms with Gasteiger partial charge in [-0.2, -0.15) is 0 Å². The van der Waals surface area contributed by atoms with Crippen LogP contribution >= 0.6 is 0 Å². The predicted octanol–water partition coefficient (Wildman–Crippen LogP) is 2.60. The normalized spacial score (nSPS) is 15.2. The van der Waals surface area contributed by atoms with Gasteiger partial charge in [0.15, 0.2) is 0 Å². The number of aryl methyl sites for hydroxylation is 1. The van der Waals surface area contributed by atoms with Crippen LogP contribution in [0.15, 0.2) is 96.2 Å². The van der Waals surface area contributed by atoms with Crippen molar-refractivity contribution in [3.8, 4) is 5.69 Å². The first kappa shape index (κ1) is 26.3. The zero-order chi connectivity index (χ0) is 27.4. The minimum Gasteiger partial charge on any atom is -0.389 e. The van der Waals surface area contributed by atoms with Crippen molar-refractivity contribution < 1.29 is 14.2 Å². The van der Waals surface area contributed by atoms with Crippen LogP contribution in [-0.4, -0.2) is 49.7 Å². The standard InChI is InChI=1S/C29H30N4O6/c1-21-19-25(23-9-5-6-10-24(23)30-21)33-28(36)32(38-26(34)11-12-27(35)39-33)18-17-31-15-13-29(37,14-16-31)20-22-7-3-2-4-8-22/h2-12,19,37H,13-18,20H2,1H3. The molecule has 3 heterocycles. The lowest BCUT2D eigenvalue weighted by atomic mass is 9.85. The van der Waals surface area contributed by atoms with E-state index >= 15 is 0 Å². The summed E-state index contributed by atoms with van der Waals surface area (Å²) in [7, 11) is 0. The SMILES string of the molecule is Cc1cc(-n2oc(=O)ccc(=O)on(CCN3CCC(O)(Cc4ccccc4)CC3)c2=O)c2ccccc2n1. The molecule has 202 valence electrons. The van der Waals surface area contributed by atoms with E-state index < -0.39 is 22.5 Å². The molecule has 2 aromatic carbocycles. The summed E-state index contributed by atoms with van der Waals surface area (Å²) in [5, 5.41) is 11.7. The molecule has 0 aliphatic carbocycles. The number of pyridine rings is 1. The van der Waals surface area contributed by atoms with Gasteiger partial charge in [0.25, 0.3) is 0 Å². The molecule has 5 rings (SSSR count). The van der Waals surface area contributed by atoms with E-state index in [0.29, 0.717) is 61.2 Å². The molecule has 10 heteroatoms. The highest BCUT2D eigenvalue weighted by Gasteiger charge is 2.32. The fourth-order valence-electron chi connectivity index (χ4n) is 4.90. The minimum absolute atomic E-state index is 0.0333. The van der Waals surface area contributed by atoms with Gasteiger partial charge in [-0.3, -0.25) is 4.98 Å². The van der Waals surface area contributed by atoms with Gasteiger partial charge in [-0.25, -0.2) is 14.4 Å². The van der Waals surface area contributed by atoms with E-state index in [1.165, 1.54) is 0 Å². The van der Waals surface area contributed by atoms with E-state index in [-0.39, 0.29) is 6.54 Å². The molecule has 0 saturated carbocycles. The molecule has 2 aromatic heterocycles. The molecule has 1 saturated heterocycles. The zero-order valence-electron chi connectivity index (χ0n) is 21.7. The lowest BCUT2D eigenvalue weighted by molar-refractivity contribution is -0.0226. The van der Waals surface area contributed by atoms with E-state index in [4.69, 9.17) is 9.05 Å². The minimum atomic E-state index is -0.894. The van der Waals surface area contributed by atoms with Gasteiger partial charge >= 0.3 is 16.9 Å². The third-order valence-corrected chi connectivity index (χ3v) is 6.95. The molecule has 0 unspecified atom stereocenters. The second-order valence-electron chi connectivity index (χ2n) is 9.86. The van der Waals surface area contributed by atoms with Crippen LogP contribution < -0.4 is 16.9 Å². The Labute approximate surface area is 223 Å². The number of piperidine rings is 1. The van der Waals surface area contributed by atoms with Crippen LogP contribution in [0.3, 0.4) is 0 Å². The van der Waals surface area contributed by atoms with Crippen molar-refractivity contribution in [1.82, 2.24) is 19.4 Å². The summed E-state index contributed by atoms with van der Waals surface area (Å²) < 4.78 is 12.5. The van der Waals surface area contributed by atoms with Crippen molar-refractivity contribution in [2.24, 2.45) is 0 Å². The third kappa shape index (κ3) is 6.24. The quantitative estimate of drug-likeness (QED) is 0.404. The smallest absolute Gasteiger partial charge is 0.389 e. The van der Waals surface area contributed by atoms with Gasteiger partial charge in [-0.15, -0.1) is 9.48 Å². The Balaban J connectivity index is 1.44. The molecule has 0 amide bonds. The van der Waals surface area contributed by atoms with Gasteiger partial charge in [-0.1, -0.05) is 48.5 Å². The van der Waals surface area contributed by atoms with Crippen molar-refractivity contribution in [2.75, 3.05) is 19.6 Å². The van der Waals surface area contributed by atoms with Crippen LogP contribution in [0.5, 0.6) is 0 Å². The number of para-hydroxylation sites is 1. The third-order valence-electron chi connectivity index (χ3n) is 6.95. The Morgan fingerprint density at radius 2 is 1.54 bits per heavy atom. The molecular weight excluding hydrogens is 500 g/mol. The van der Waals surface area contributed by atoms with Gasteiger partial charge in [0.2, 0.25) is 0 Å². The largest absolute Gasteiger partial charge is 0.391 e. The van der Waals surface area contributed by atoms with E-state index in [1.54, 1.807) is 31.2 Å². The molecule has 1 aliphatic rings. The average Bonchev–Trinajstić information content (AvgIpc) is 2.98. The van der Waals surface area contributed by atoms with Crippen molar-refractivity contribution in [1.29, 1.82) is 0 Å². The maximum Gasteiger partial charge on any atom is 0.391 e. The number of aliphatic hydroxyl groups is 1. The summed E-state index contributed by atoms with van der Waals surface area (Å²) in [6.07, 6.45) is 1.73. The van der Waals surface area contributed by atoms with Crippen LogP contribution in [-0.2, 0) is 13.0 Å². The number of hydrogen-bond acceptors (Lipinski definition) is 8. The molecule has 1 aliphatic heterocycles. The number of fused-ring (bicyclic) bond motifs is 1. The number of benzene rings is 2. The summed E-state index contributed by atoms with van der Waals surface area (Å²) in [5.74, 6) is 0. The molecule has 1 fully saturated rings. The van der Waals surface area contributed by atoms with Crippen LogP contribution in [0.2, 0.25) is 0 Å². The molecule has 0 radical (unpaired) electrons. The summed E-state index contributed by atoms with van der Waals surface area (Å²) in [5.41, 5.74) is -0.762. The van der Waals surface area contributed by atoms with Gasteiger partial charge in [-0.05, 0) is 37.5 Å². The van der Waals surface area contributed by atoms with Gasteiger partial charge < -0.3 is 19.1 Å². The molecular formula is C29H30N4O6. The van der Waals surface area contributed by atoms with Crippen LogP contribution in [0, 0.1) is 6.92 Å². The number of aromatic nitrogens is 3. The summed E-state index contributed by atoms with van der Waals surface area (Å²) in [4.78, 5) is 45.0. The molecule has 4 aromatic rings. The molecule has 0 spiro atoms. The highest BCUT2D eigenvalue weighted by Crippen LogP contribution is 2.26. The summed E-state index contributed by atoms with van der Waals surface area (Å²) in [6.45, 7) is 3.43. The Morgan fingerprint density at radius 1 is 0.872 bits per heavy atom. The van der Waals surface area contributed by atoms with Gasteiger partial charge in [0.1, 0.15) is 0 Å². The lowest BCUT2D eigenvalue weighted by Gasteiger charge is -2.38.